The van der Waals surface area contributed by atoms with Crippen molar-refractivity contribution < 1.29 is 4.74 Å². The third kappa shape index (κ3) is 4.89. The number of hydrogen-bond donors (Lipinski definition) is 1. The van der Waals surface area contributed by atoms with Gasteiger partial charge in [0.05, 0.1) is 6.10 Å². The highest BCUT2D eigenvalue weighted by Crippen LogP contribution is 2.18. The van der Waals surface area contributed by atoms with Crippen LogP contribution in [0.2, 0.25) is 0 Å². The molecule has 0 spiro atoms. The maximum Gasteiger partial charge on any atom is 0.0576 e. The van der Waals surface area contributed by atoms with Gasteiger partial charge in [-0.15, -0.1) is 0 Å². The van der Waals surface area contributed by atoms with Crippen molar-refractivity contribution in [2.75, 3.05) is 18.6 Å². The molecule has 78 valence electrons. The molecule has 1 aliphatic heterocycles. The number of thioether (sulfide) groups is 1. The summed E-state index contributed by atoms with van der Waals surface area (Å²) in [5.74, 6) is 1.09. The first kappa shape index (κ1) is 11.3. The molecule has 0 radical (unpaired) electrons. The van der Waals surface area contributed by atoms with Crippen LogP contribution < -0.4 is 5.73 Å². The van der Waals surface area contributed by atoms with Crippen LogP contribution in [0.15, 0.2) is 0 Å². The Morgan fingerprint density at radius 1 is 1.62 bits per heavy atom. The molecule has 2 unspecified atom stereocenters. The first-order chi connectivity index (χ1) is 6.33. The standard InChI is InChI=1S/C10H21NOS/c1-13-8-9(11)4-2-5-10-6-3-7-12-10/h9-10H,2-8,11H2,1H3. The molecule has 0 aromatic heterocycles. The van der Waals surface area contributed by atoms with Gasteiger partial charge in [0.15, 0.2) is 0 Å². The van der Waals surface area contributed by atoms with Crippen LogP contribution in [0.3, 0.4) is 0 Å². The van der Waals surface area contributed by atoms with Gasteiger partial charge in [-0.2, -0.15) is 11.8 Å². The van der Waals surface area contributed by atoms with Crippen molar-refractivity contribution in [3.05, 3.63) is 0 Å². The van der Waals surface area contributed by atoms with E-state index in [4.69, 9.17) is 10.5 Å². The highest BCUT2D eigenvalue weighted by atomic mass is 32.2. The van der Waals surface area contributed by atoms with E-state index in [1.165, 1.54) is 25.7 Å². The zero-order valence-electron chi connectivity index (χ0n) is 8.50. The van der Waals surface area contributed by atoms with Crippen LogP contribution in [0.1, 0.15) is 32.1 Å². The second-order valence-corrected chi connectivity index (χ2v) is 4.69. The molecule has 13 heavy (non-hydrogen) atoms. The predicted octanol–water partition coefficient (Wildman–Crippen LogP) is 2.03. The second-order valence-electron chi connectivity index (χ2n) is 3.78. The Morgan fingerprint density at radius 3 is 3.08 bits per heavy atom. The molecule has 2 N–H and O–H groups in total. The molecule has 0 saturated carbocycles. The maximum absolute atomic E-state index is 5.91. The van der Waals surface area contributed by atoms with E-state index in [9.17, 15) is 0 Å². The SMILES string of the molecule is CSCC(N)CCCC1CCCO1. The fourth-order valence-corrected chi connectivity index (χ4v) is 2.37. The molecular formula is C10H21NOS. The summed E-state index contributed by atoms with van der Waals surface area (Å²) in [7, 11) is 0. The summed E-state index contributed by atoms with van der Waals surface area (Å²) >= 11 is 1.84. The Hall–Kier alpha value is 0.270. The van der Waals surface area contributed by atoms with Crippen LogP contribution in [0, 0.1) is 0 Å². The van der Waals surface area contributed by atoms with E-state index in [-0.39, 0.29) is 0 Å². The molecule has 1 heterocycles. The van der Waals surface area contributed by atoms with E-state index in [1.54, 1.807) is 0 Å². The zero-order chi connectivity index (χ0) is 9.52. The summed E-state index contributed by atoms with van der Waals surface area (Å²) in [6.45, 7) is 0.974. The smallest absolute Gasteiger partial charge is 0.0576 e. The molecule has 1 saturated heterocycles. The third-order valence-electron chi connectivity index (χ3n) is 2.51. The fraction of sp³-hybridized carbons (Fsp3) is 1.00. The van der Waals surface area contributed by atoms with E-state index < -0.39 is 0 Å². The molecule has 0 amide bonds. The monoisotopic (exact) mass is 203 g/mol. The Bertz CT molecular complexity index is 126. The van der Waals surface area contributed by atoms with Crippen LogP contribution >= 0.6 is 11.8 Å². The molecule has 2 atom stereocenters. The minimum atomic E-state index is 0.386. The number of nitrogens with two attached hydrogens (primary N) is 1. The van der Waals surface area contributed by atoms with Crippen molar-refractivity contribution >= 4 is 11.8 Å². The van der Waals surface area contributed by atoms with Gasteiger partial charge in [0.25, 0.3) is 0 Å². The summed E-state index contributed by atoms with van der Waals surface area (Å²) in [6.07, 6.45) is 8.76. The first-order valence-electron chi connectivity index (χ1n) is 5.19. The van der Waals surface area contributed by atoms with E-state index in [1.807, 2.05) is 11.8 Å². The summed E-state index contributed by atoms with van der Waals surface area (Å²) in [5.41, 5.74) is 5.91. The average Bonchev–Trinajstić information content (AvgIpc) is 2.57. The summed E-state index contributed by atoms with van der Waals surface area (Å²) in [6, 6.07) is 0.386. The van der Waals surface area contributed by atoms with Crippen LogP contribution in [0.4, 0.5) is 0 Å². The van der Waals surface area contributed by atoms with Gasteiger partial charge in [-0.1, -0.05) is 0 Å². The van der Waals surface area contributed by atoms with Gasteiger partial charge in [-0.05, 0) is 38.4 Å². The van der Waals surface area contributed by atoms with Gasteiger partial charge in [0.1, 0.15) is 0 Å². The lowest BCUT2D eigenvalue weighted by molar-refractivity contribution is 0.102. The van der Waals surface area contributed by atoms with Crippen LogP contribution in [0.5, 0.6) is 0 Å². The first-order valence-corrected chi connectivity index (χ1v) is 6.58. The number of rotatable bonds is 6. The van der Waals surface area contributed by atoms with Crippen molar-refractivity contribution in [3.8, 4) is 0 Å². The Balaban J connectivity index is 1.93. The Labute approximate surface area is 85.6 Å². The molecule has 0 aliphatic carbocycles. The summed E-state index contributed by atoms with van der Waals surface area (Å²) < 4.78 is 5.55. The molecule has 0 aromatic rings. The number of hydrogen-bond acceptors (Lipinski definition) is 3. The quantitative estimate of drug-likeness (QED) is 0.717. The van der Waals surface area contributed by atoms with Gasteiger partial charge in [0.2, 0.25) is 0 Å². The zero-order valence-corrected chi connectivity index (χ0v) is 9.31. The lowest BCUT2D eigenvalue weighted by atomic mass is 10.1. The maximum atomic E-state index is 5.91. The van der Waals surface area contributed by atoms with Crippen LogP contribution in [-0.4, -0.2) is 30.8 Å². The Morgan fingerprint density at radius 2 is 2.46 bits per heavy atom. The van der Waals surface area contributed by atoms with E-state index in [0.717, 1.165) is 18.8 Å². The number of ether oxygens (including phenoxy) is 1. The topological polar surface area (TPSA) is 35.2 Å². The van der Waals surface area contributed by atoms with Crippen molar-refractivity contribution in [3.63, 3.8) is 0 Å². The largest absolute Gasteiger partial charge is 0.378 e. The van der Waals surface area contributed by atoms with E-state index in [0.29, 0.717) is 12.1 Å². The van der Waals surface area contributed by atoms with Crippen molar-refractivity contribution in [2.45, 2.75) is 44.2 Å². The lowest BCUT2D eigenvalue weighted by Gasteiger charge is -2.12. The van der Waals surface area contributed by atoms with Gasteiger partial charge in [-0.3, -0.25) is 0 Å². The molecule has 1 fully saturated rings. The van der Waals surface area contributed by atoms with Crippen LogP contribution in [0.25, 0.3) is 0 Å². The molecule has 1 aliphatic rings. The molecule has 1 rings (SSSR count). The molecule has 3 heteroatoms. The fourth-order valence-electron chi connectivity index (χ4n) is 1.78. The normalized spacial score (nSPS) is 24.9. The van der Waals surface area contributed by atoms with Gasteiger partial charge in [-0.25, -0.2) is 0 Å². The van der Waals surface area contributed by atoms with Gasteiger partial charge < -0.3 is 10.5 Å². The summed E-state index contributed by atoms with van der Waals surface area (Å²) in [5, 5.41) is 0. The predicted molar refractivity (Wildman–Crippen MR) is 59.2 cm³/mol. The average molecular weight is 203 g/mol. The van der Waals surface area contributed by atoms with Gasteiger partial charge in [0, 0.05) is 18.4 Å². The highest BCUT2D eigenvalue weighted by Gasteiger charge is 2.14. The summed E-state index contributed by atoms with van der Waals surface area (Å²) in [4.78, 5) is 0. The van der Waals surface area contributed by atoms with Crippen molar-refractivity contribution in [1.82, 2.24) is 0 Å². The van der Waals surface area contributed by atoms with Crippen molar-refractivity contribution in [2.24, 2.45) is 5.73 Å². The molecule has 0 bridgehead atoms. The highest BCUT2D eigenvalue weighted by molar-refractivity contribution is 7.98. The Kier molecular flexibility index (Phi) is 5.83. The minimum Gasteiger partial charge on any atom is -0.378 e. The van der Waals surface area contributed by atoms with Crippen LogP contribution in [-0.2, 0) is 4.74 Å². The minimum absolute atomic E-state index is 0.386. The molecule has 2 nitrogen and oxygen atoms in total. The van der Waals surface area contributed by atoms with E-state index in [2.05, 4.69) is 6.26 Å². The molecular weight excluding hydrogens is 182 g/mol. The lowest BCUT2D eigenvalue weighted by Crippen LogP contribution is -2.23. The van der Waals surface area contributed by atoms with E-state index >= 15 is 0 Å². The molecule has 0 aromatic carbocycles. The van der Waals surface area contributed by atoms with Crippen molar-refractivity contribution in [1.29, 1.82) is 0 Å². The second kappa shape index (κ2) is 6.68. The van der Waals surface area contributed by atoms with Gasteiger partial charge >= 0.3 is 0 Å². The third-order valence-corrected chi connectivity index (χ3v) is 3.27.